The molecule has 0 fully saturated rings. The molecule has 0 spiro atoms. The fraction of sp³-hybridized carbons (Fsp3) is 0.125. The summed E-state index contributed by atoms with van der Waals surface area (Å²) in [7, 11) is 0. The van der Waals surface area contributed by atoms with Gasteiger partial charge in [-0.25, -0.2) is 9.18 Å². The average molecular weight is 322 g/mol. The van der Waals surface area contributed by atoms with Gasteiger partial charge >= 0.3 is 5.97 Å². The minimum absolute atomic E-state index is 0.164. The number of benzene rings is 2. The minimum atomic E-state index is -0.737. The third-order valence-corrected chi connectivity index (χ3v) is 3.08. The fourth-order valence-corrected chi connectivity index (χ4v) is 2.00. The number of nitrogens with one attached hydrogen (secondary N) is 1. The van der Waals surface area contributed by atoms with Crippen LogP contribution in [0.25, 0.3) is 0 Å². The molecule has 0 bridgehead atoms. The number of carbonyl (C=O) groups is 2. The molecular weight excluding hydrogens is 309 g/mol. The molecule has 22 heavy (non-hydrogen) atoms. The first-order valence-electron chi connectivity index (χ1n) is 6.55. The summed E-state index contributed by atoms with van der Waals surface area (Å²) >= 11 is 5.65. The summed E-state index contributed by atoms with van der Waals surface area (Å²) in [6, 6.07) is 10.1. The van der Waals surface area contributed by atoms with E-state index in [2.05, 4.69) is 5.32 Å². The molecule has 2 aromatic carbocycles. The Hall–Kier alpha value is -2.40. The quantitative estimate of drug-likeness (QED) is 0.869. The van der Waals surface area contributed by atoms with Gasteiger partial charge in [-0.05, 0) is 37.3 Å². The molecule has 0 aliphatic carbocycles. The second-order valence-electron chi connectivity index (χ2n) is 4.34. The first-order chi connectivity index (χ1) is 10.5. The van der Waals surface area contributed by atoms with Gasteiger partial charge in [-0.2, -0.15) is 0 Å². The number of anilines is 1. The fourth-order valence-electron chi connectivity index (χ4n) is 1.84. The maximum Gasteiger partial charge on any atom is 0.340 e. The normalized spacial score (nSPS) is 10.1. The predicted octanol–water partition coefficient (Wildman–Crippen LogP) is 3.91. The predicted molar refractivity (Wildman–Crippen MR) is 81.8 cm³/mol. The summed E-state index contributed by atoms with van der Waals surface area (Å²) in [6.07, 6.45) is 0. The van der Waals surface area contributed by atoms with Gasteiger partial charge in [-0.1, -0.05) is 23.7 Å². The molecule has 1 N–H and O–H groups in total. The summed E-state index contributed by atoms with van der Waals surface area (Å²) in [4.78, 5) is 24.0. The van der Waals surface area contributed by atoms with Crippen LogP contribution in [0, 0.1) is 5.82 Å². The van der Waals surface area contributed by atoms with Crippen LogP contribution in [0.15, 0.2) is 42.5 Å². The van der Waals surface area contributed by atoms with Crippen LogP contribution < -0.4 is 5.32 Å². The van der Waals surface area contributed by atoms with E-state index >= 15 is 0 Å². The zero-order valence-corrected chi connectivity index (χ0v) is 12.5. The van der Waals surface area contributed by atoms with E-state index in [0.717, 1.165) is 6.07 Å². The lowest BCUT2D eigenvalue weighted by atomic mass is 10.1. The molecule has 0 saturated heterocycles. The summed E-state index contributed by atoms with van der Waals surface area (Å²) in [6.45, 7) is 1.90. The number of hydrogen-bond acceptors (Lipinski definition) is 3. The van der Waals surface area contributed by atoms with E-state index in [0.29, 0.717) is 0 Å². The molecule has 0 heterocycles. The second-order valence-corrected chi connectivity index (χ2v) is 4.78. The SMILES string of the molecule is CCOC(=O)c1ccccc1NC(=O)c1ccc(Cl)cc1F. The smallest absolute Gasteiger partial charge is 0.340 e. The van der Waals surface area contributed by atoms with Crippen LogP contribution in [0.4, 0.5) is 10.1 Å². The average Bonchev–Trinajstić information content (AvgIpc) is 2.47. The van der Waals surface area contributed by atoms with E-state index in [9.17, 15) is 14.0 Å². The third kappa shape index (κ3) is 3.62. The molecule has 0 radical (unpaired) electrons. The third-order valence-electron chi connectivity index (χ3n) is 2.85. The van der Waals surface area contributed by atoms with Crippen LogP contribution in [-0.2, 0) is 4.74 Å². The number of halogens is 2. The molecule has 2 rings (SSSR count). The van der Waals surface area contributed by atoms with Crippen molar-refractivity contribution >= 4 is 29.2 Å². The van der Waals surface area contributed by atoms with Crippen LogP contribution in [0.5, 0.6) is 0 Å². The van der Waals surface area contributed by atoms with Crippen molar-refractivity contribution in [2.24, 2.45) is 0 Å². The maximum absolute atomic E-state index is 13.7. The molecule has 0 aliphatic rings. The Balaban J connectivity index is 2.27. The molecule has 6 heteroatoms. The number of amides is 1. The van der Waals surface area contributed by atoms with Gasteiger partial charge in [0.05, 0.1) is 23.4 Å². The highest BCUT2D eigenvalue weighted by Gasteiger charge is 2.17. The summed E-state index contributed by atoms with van der Waals surface area (Å²) in [5.41, 5.74) is 0.287. The van der Waals surface area contributed by atoms with E-state index in [1.54, 1.807) is 19.1 Å². The van der Waals surface area contributed by atoms with Crippen molar-refractivity contribution in [3.05, 3.63) is 64.4 Å². The molecule has 0 saturated carbocycles. The Kier molecular flexibility index (Phi) is 5.12. The minimum Gasteiger partial charge on any atom is -0.462 e. The zero-order chi connectivity index (χ0) is 16.1. The standard InChI is InChI=1S/C16H13ClFNO3/c1-2-22-16(21)12-5-3-4-6-14(12)19-15(20)11-8-7-10(17)9-13(11)18/h3-9H,2H2,1H3,(H,19,20). The van der Waals surface area contributed by atoms with Gasteiger partial charge in [0, 0.05) is 5.02 Å². The van der Waals surface area contributed by atoms with E-state index in [1.165, 1.54) is 24.3 Å². The highest BCUT2D eigenvalue weighted by Crippen LogP contribution is 2.19. The summed E-state index contributed by atoms with van der Waals surface area (Å²) < 4.78 is 18.7. The van der Waals surface area contributed by atoms with Gasteiger partial charge in [0.15, 0.2) is 0 Å². The molecule has 1 amide bonds. The van der Waals surface area contributed by atoms with Crippen molar-refractivity contribution in [1.82, 2.24) is 0 Å². The van der Waals surface area contributed by atoms with E-state index in [-0.39, 0.29) is 28.4 Å². The van der Waals surface area contributed by atoms with Gasteiger partial charge in [0.2, 0.25) is 0 Å². The van der Waals surface area contributed by atoms with Crippen LogP contribution in [0.1, 0.15) is 27.6 Å². The van der Waals surface area contributed by atoms with Crippen molar-refractivity contribution < 1.29 is 18.7 Å². The number of hydrogen-bond donors (Lipinski definition) is 1. The molecule has 4 nitrogen and oxygen atoms in total. The van der Waals surface area contributed by atoms with Crippen molar-refractivity contribution in [1.29, 1.82) is 0 Å². The Morgan fingerprint density at radius 3 is 2.59 bits per heavy atom. The largest absolute Gasteiger partial charge is 0.462 e. The lowest BCUT2D eigenvalue weighted by Crippen LogP contribution is -2.17. The van der Waals surface area contributed by atoms with Crippen molar-refractivity contribution in [2.45, 2.75) is 6.92 Å². The lowest BCUT2D eigenvalue weighted by molar-refractivity contribution is 0.0527. The van der Waals surface area contributed by atoms with Crippen LogP contribution in [0.3, 0.4) is 0 Å². The second kappa shape index (κ2) is 7.04. The van der Waals surface area contributed by atoms with Crippen LogP contribution in [0.2, 0.25) is 5.02 Å². The monoisotopic (exact) mass is 321 g/mol. The van der Waals surface area contributed by atoms with Gasteiger partial charge in [0.1, 0.15) is 5.82 Å². The molecule has 0 aliphatic heterocycles. The van der Waals surface area contributed by atoms with Gasteiger partial charge in [-0.15, -0.1) is 0 Å². The molecule has 0 aromatic heterocycles. The van der Waals surface area contributed by atoms with Crippen LogP contribution >= 0.6 is 11.6 Å². The Labute approximate surface area is 131 Å². The first kappa shape index (κ1) is 16.0. The summed E-state index contributed by atoms with van der Waals surface area (Å²) in [5.74, 6) is -1.97. The molecule has 0 unspecified atom stereocenters. The Morgan fingerprint density at radius 2 is 1.91 bits per heavy atom. The number of carbonyl (C=O) groups excluding carboxylic acids is 2. The Morgan fingerprint density at radius 1 is 1.18 bits per heavy atom. The topological polar surface area (TPSA) is 55.4 Å². The van der Waals surface area contributed by atoms with Crippen molar-refractivity contribution in [2.75, 3.05) is 11.9 Å². The summed E-state index contributed by atoms with van der Waals surface area (Å²) in [5, 5.41) is 2.70. The van der Waals surface area contributed by atoms with E-state index < -0.39 is 17.7 Å². The maximum atomic E-state index is 13.7. The molecule has 114 valence electrons. The van der Waals surface area contributed by atoms with Crippen molar-refractivity contribution in [3.63, 3.8) is 0 Å². The molecular formula is C16H13ClFNO3. The van der Waals surface area contributed by atoms with E-state index in [1.807, 2.05) is 0 Å². The van der Waals surface area contributed by atoms with Gasteiger partial charge in [0.25, 0.3) is 5.91 Å². The molecule has 2 aromatic rings. The lowest BCUT2D eigenvalue weighted by Gasteiger charge is -2.10. The zero-order valence-electron chi connectivity index (χ0n) is 11.7. The van der Waals surface area contributed by atoms with Gasteiger partial charge in [-0.3, -0.25) is 4.79 Å². The van der Waals surface area contributed by atoms with Crippen LogP contribution in [-0.4, -0.2) is 18.5 Å². The number of esters is 1. The van der Waals surface area contributed by atoms with Gasteiger partial charge < -0.3 is 10.1 Å². The highest BCUT2D eigenvalue weighted by molar-refractivity contribution is 6.30. The number of ether oxygens (including phenoxy) is 1. The molecule has 0 atom stereocenters. The first-order valence-corrected chi connectivity index (χ1v) is 6.93. The number of rotatable bonds is 4. The van der Waals surface area contributed by atoms with Crippen molar-refractivity contribution in [3.8, 4) is 0 Å². The van der Waals surface area contributed by atoms with E-state index in [4.69, 9.17) is 16.3 Å². The highest BCUT2D eigenvalue weighted by atomic mass is 35.5. The number of para-hydroxylation sites is 1. The Bertz CT molecular complexity index is 718.